The Morgan fingerprint density at radius 2 is 1.58 bits per heavy atom. The van der Waals surface area contributed by atoms with Crippen LogP contribution in [0.2, 0.25) is 0 Å². The lowest BCUT2D eigenvalue weighted by molar-refractivity contribution is -0.144. The summed E-state index contributed by atoms with van der Waals surface area (Å²) in [5, 5.41) is 0. The second-order valence-corrected chi connectivity index (χ2v) is 5.08. The second-order valence-electron chi connectivity index (χ2n) is 5.08. The Kier molecular flexibility index (Phi) is 13.4. The Balaban J connectivity index is 3.14. The van der Waals surface area contributed by atoms with Crippen LogP contribution in [-0.4, -0.2) is 39.0 Å². The molecule has 0 unspecified atom stereocenters. The molecule has 0 bridgehead atoms. The van der Waals surface area contributed by atoms with Crippen molar-refractivity contribution in [3.8, 4) is 0 Å². The van der Waals surface area contributed by atoms with E-state index in [2.05, 4.69) is 20.8 Å². The fourth-order valence-corrected chi connectivity index (χ4v) is 1.37. The SMILES string of the molecule is CCCCOCCOCCCC(=O)OCCC(C)C. The summed E-state index contributed by atoms with van der Waals surface area (Å²) in [4.78, 5) is 11.3. The summed E-state index contributed by atoms with van der Waals surface area (Å²) in [5.41, 5.74) is 0. The smallest absolute Gasteiger partial charge is 0.305 e. The van der Waals surface area contributed by atoms with E-state index >= 15 is 0 Å². The Hall–Kier alpha value is -0.610. The van der Waals surface area contributed by atoms with Gasteiger partial charge in [0.2, 0.25) is 0 Å². The standard InChI is InChI=1S/C15H30O4/c1-4-5-9-17-12-13-18-10-6-7-15(16)19-11-8-14(2)3/h14H,4-13H2,1-3H3. The minimum absolute atomic E-state index is 0.122. The largest absolute Gasteiger partial charge is 0.466 e. The zero-order valence-electron chi connectivity index (χ0n) is 12.8. The van der Waals surface area contributed by atoms with Crippen molar-refractivity contribution in [2.75, 3.05) is 33.0 Å². The van der Waals surface area contributed by atoms with Crippen molar-refractivity contribution in [2.24, 2.45) is 5.92 Å². The molecule has 0 aliphatic heterocycles. The molecule has 0 rings (SSSR count). The van der Waals surface area contributed by atoms with Crippen LogP contribution in [0, 0.1) is 5.92 Å². The van der Waals surface area contributed by atoms with Gasteiger partial charge in [0, 0.05) is 19.6 Å². The Bertz CT molecular complexity index is 204. The maximum absolute atomic E-state index is 11.3. The maximum atomic E-state index is 11.3. The lowest BCUT2D eigenvalue weighted by Gasteiger charge is -2.07. The van der Waals surface area contributed by atoms with Crippen LogP contribution in [-0.2, 0) is 19.0 Å². The lowest BCUT2D eigenvalue weighted by Crippen LogP contribution is -2.10. The van der Waals surface area contributed by atoms with Gasteiger partial charge in [0.15, 0.2) is 0 Å². The van der Waals surface area contributed by atoms with E-state index in [0.29, 0.717) is 38.8 Å². The molecule has 0 atom stereocenters. The lowest BCUT2D eigenvalue weighted by atomic mass is 10.1. The molecule has 0 aliphatic carbocycles. The van der Waals surface area contributed by atoms with Crippen LogP contribution in [0.4, 0.5) is 0 Å². The van der Waals surface area contributed by atoms with E-state index < -0.39 is 0 Å². The molecule has 0 aromatic heterocycles. The van der Waals surface area contributed by atoms with Crippen molar-refractivity contribution in [1.82, 2.24) is 0 Å². The van der Waals surface area contributed by atoms with Crippen molar-refractivity contribution in [2.45, 2.75) is 52.9 Å². The topological polar surface area (TPSA) is 44.8 Å². The molecule has 114 valence electrons. The molecule has 4 heteroatoms. The van der Waals surface area contributed by atoms with Gasteiger partial charge in [-0.25, -0.2) is 0 Å². The average Bonchev–Trinajstić information content (AvgIpc) is 2.36. The molecule has 0 spiro atoms. The predicted octanol–water partition coefficient (Wildman–Crippen LogP) is 3.19. The van der Waals surface area contributed by atoms with E-state index in [1.165, 1.54) is 0 Å². The monoisotopic (exact) mass is 274 g/mol. The number of ether oxygens (including phenoxy) is 3. The first-order valence-electron chi connectivity index (χ1n) is 7.48. The van der Waals surface area contributed by atoms with Crippen LogP contribution in [0.3, 0.4) is 0 Å². The van der Waals surface area contributed by atoms with Gasteiger partial charge in [0.1, 0.15) is 0 Å². The third-order valence-electron chi connectivity index (χ3n) is 2.64. The zero-order chi connectivity index (χ0) is 14.3. The van der Waals surface area contributed by atoms with E-state index in [9.17, 15) is 4.79 Å². The van der Waals surface area contributed by atoms with E-state index in [1.807, 2.05) is 0 Å². The highest BCUT2D eigenvalue weighted by atomic mass is 16.5. The normalized spacial score (nSPS) is 10.9. The molecule has 0 fully saturated rings. The van der Waals surface area contributed by atoms with Gasteiger partial charge in [0.25, 0.3) is 0 Å². The summed E-state index contributed by atoms with van der Waals surface area (Å²) in [5.74, 6) is 0.451. The molecule has 4 nitrogen and oxygen atoms in total. The van der Waals surface area contributed by atoms with Crippen molar-refractivity contribution in [3.05, 3.63) is 0 Å². The van der Waals surface area contributed by atoms with Gasteiger partial charge in [-0.2, -0.15) is 0 Å². The van der Waals surface area contributed by atoms with Gasteiger partial charge >= 0.3 is 5.97 Å². The van der Waals surface area contributed by atoms with E-state index in [1.54, 1.807) is 0 Å². The number of esters is 1. The molecular formula is C15H30O4. The minimum atomic E-state index is -0.122. The third kappa shape index (κ3) is 15.3. The van der Waals surface area contributed by atoms with Crippen LogP contribution in [0.25, 0.3) is 0 Å². The van der Waals surface area contributed by atoms with Gasteiger partial charge in [-0.15, -0.1) is 0 Å². The first-order chi connectivity index (χ1) is 9.16. The highest BCUT2D eigenvalue weighted by Gasteiger charge is 2.03. The molecule has 0 aromatic carbocycles. The number of rotatable bonds is 13. The predicted molar refractivity (Wildman–Crippen MR) is 76.2 cm³/mol. The number of carbonyl (C=O) groups is 1. The first kappa shape index (κ1) is 18.4. The number of carbonyl (C=O) groups excluding carboxylic acids is 1. The molecule has 0 saturated carbocycles. The minimum Gasteiger partial charge on any atom is -0.466 e. The van der Waals surface area contributed by atoms with Crippen LogP contribution in [0.1, 0.15) is 52.9 Å². The Morgan fingerprint density at radius 1 is 0.947 bits per heavy atom. The van der Waals surface area contributed by atoms with Crippen LogP contribution in [0.5, 0.6) is 0 Å². The van der Waals surface area contributed by atoms with E-state index in [-0.39, 0.29) is 5.97 Å². The summed E-state index contributed by atoms with van der Waals surface area (Å²) in [6.45, 7) is 9.54. The van der Waals surface area contributed by atoms with E-state index in [0.717, 1.165) is 32.3 Å². The zero-order valence-corrected chi connectivity index (χ0v) is 12.8. The van der Waals surface area contributed by atoms with Crippen LogP contribution in [0.15, 0.2) is 0 Å². The molecule has 19 heavy (non-hydrogen) atoms. The summed E-state index contributed by atoms with van der Waals surface area (Å²) < 4.78 is 15.8. The molecule has 0 aliphatic rings. The van der Waals surface area contributed by atoms with Crippen molar-refractivity contribution in [1.29, 1.82) is 0 Å². The van der Waals surface area contributed by atoms with Crippen molar-refractivity contribution in [3.63, 3.8) is 0 Å². The Labute approximate surface area is 117 Å². The molecule has 0 amide bonds. The number of hydrogen-bond acceptors (Lipinski definition) is 4. The molecular weight excluding hydrogens is 244 g/mol. The van der Waals surface area contributed by atoms with Gasteiger partial charge in [-0.3, -0.25) is 4.79 Å². The van der Waals surface area contributed by atoms with Gasteiger partial charge in [-0.05, 0) is 25.2 Å². The summed E-state index contributed by atoms with van der Waals surface area (Å²) in [6, 6.07) is 0. The molecule has 0 radical (unpaired) electrons. The highest BCUT2D eigenvalue weighted by Crippen LogP contribution is 2.01. The quantitative estimate of drug-likeness (QED) is 0.382. The maximum Gasteiger partial charge on any atom is 0.305 e. The number of hydrogen-bond donors (Lipinski definition) is 0. The van der Waals surface area contributed by atoms with Crippen molar-refractivity contribution >= 4 is 5.97 Å². The first-order valence-corrected chi connectivity index (χ1v) is 7.48. The fraction of sp³-hybridized carbons (Fsp3) is 0.933. The molecule has 0 heterocycles. The molecule has 0 saturated heterocycles. The van der Waals surface area contributed by atoms with Gasteiger partial charge < -0.3 is 14.2 Å². The summed E-state index contributed by atoms with van der Waals surface area (Å²) >= 11 is 0. The highest BCUT2D eigenvalue weighted by molar-refractivity contribution is 5.69. The third-order valence-corrected chi connectivity index (χ3v) is 2.64. The summed E-state index contributed by atoms with van der Waals surface area (Å²) in [6.07, 6.45) is 4.34. The second kappa shape index (κ2) is 13.8. The van der Waals surface area contributed by atoms with Crippen LogP contribution >= 0.6 is 0 Å². The molecule has 0 aromatic rings. The summed E-state index contributed by atoms with van der Waals surface area (Å²) in [7, 11) is 0. The fourth-order valence-electron chi connectivity index (χ4n) is 1.37. The van der Waals surface area contributed by atoms with Gasteiger partial charge in [-0.1, -0.05) is 27.2 Å². The van der Waals surface area contributed by atoms with E-state index in [4.69, 9.17) is 14.2 Å². The van der Waals surface area contributed by atoms with Crippen molar-refractivity contribution < 1.29 is 19.0 Å². The number of unbranched alkanes of at least 4 members (excludes halogenated alkanes) is 1. The van der Waals surface area contributed by atoms with Gasteiger partial charge in [0.05, 0.1) is 19.8 Å². The van der Waals surface area contributed by atoms with Crippen LogP contribution < -0.4 is 0 Å². The molecule has 0 N–H and O–H groups in total. The average molecular weight is 274 g/mol. The Morgan fingerprint density at radius 3 is 2.16 bits per heavy atom.